The highest BCUT2D eigenvalue weighted by Gasteiger charge is 2.29. The van der Waals surface area contributed by atoms with E-state index in [-0.39, 0.29) is 0 Å². The zero-order chi connectivity index (χ0) is 35.0. The molecule has 0 spiro atoms. The van der Waals surface area contributed by atoms with Crippen LogP contribution >= 0.6 is 0 Å². The highest BCUT2D eigenvalue weighted by atomic mass is 16.4. The smallest absolute Gasteiger partial charge is 0.168 e. The molecule has 1 N–H and O–H groups in total. The number of rotatable bonds is 14. The molecule has 3 heterocycles. The Morgan fingerprint density at radius 1 is 0.543 bits per heavy atom. The standard InChI is InChI=1S/3C10H14N.C6H8O7/c3*1-10(2)6-9-11-7-4-3-5-8-11;7-3(8)1-6(13,5(11)12)2-4(9)10/h3*3-5,7-8H,1,6,9H2,2H3;13H,1-2H2,(H,7,8)(H,9,10)(H,11,12)/q3*+1;/p-3. The highest BCUT2D eigenvalue weighted by Crippen LogP contribution is 2.13. The van der Waals surface area contributed by atoms with Crippen molar-refractivity contribution in [2.45, 2.75) is 78.1 Å². The Hall–Kier alpha value is -4.96. The maximum absolute atomic E-state index is 10.1. The normalized spacial score (nSPS) is 9.91. The molecule has 3 rings (SSSR count). The number of aromatic nitrogens is 3. The molecule has 10 heteroatoms. The number of aryl methyl sites for hydroxylation is 3. The third-order valence-corrected chi connectivity index (χ3v) is 5.98. The second kappa shape index (κ2) is 23.4. The number of carboxylic acid groups (broad SMARTS) is 3. The molecule has 10 nitrogen and oxygen atoms in total. The Morgan fingerprint density at radius 2 is 0.783 bits per heavy atom. The van der Waals surface area contributed by atoms with Crippen LogP contribution in [0.3, 0.4) is 0 Å². The summed E-state index contributed by atoms with van der Waals surface area (Å²) in [5, 5.41) is 38.9. The molecule has 0 fully saturated rings. The minimum atomic E-state index is -2.97. The molecule has 0 unspecified atom stereocenters. The molecule has 0 radical (unpaired) electrons. The van der Waals surface area contributed by atoms with Gasteiger partial charge in [-0.1, -0.05) is 54.7 Å². The van der Waals surface area contributed by atoms with Crippen LogP contribution in [0.2, 0.25) is 0 Å². The van der Waals surface area contributed by atoms with Gasteiger partial charge in [-0.05, 0) is 20.8 Å². The lowest BCUT2D eigenvalue weighted by Crippen LogP contribution is -2.54. The maximum Gasteiger partial charge on any atom is 0.168 e. The molecule has 0 amide bonds. The van der Waals surface area contributed by atoms with E-state index in [4.69, 9.17) is 5.11 Å². The molecule has 0 aliphatic rings. The molecular weight excluding hydrogens is 586 g/mol. The van der Waals surface area contributed by atoms with Crippen LogP contribution in [0.15, 0.2) is 128 Å². The van der Waals surface area contributed by atoms with Crippen LogP contribution < -0.4 is 29.0 Å². The van der Waals surface area contributed by atoms with Crippen molar-refractivity contribution in [3.63, 3.8) is 0 Å². The predicted octanol–water partition coefficient (Wildman–Crippen LogP) is 0.568. The summed E-state index contributed by atoms with van der Waals surface area (Å²) in [5.74, 6) is -5.98. The Balaban J connectivity index is 0.000000588. The zero-order valence-electron chi connectivity index (χ0n) is 27.2. The Morgan fingerprint density at radius 3 is 0.957 bits per heavy atom. The molecule has 0 aliphatic heterocycles. The van der Waals surface area contributed by atoms with E-state index >= 15 is 0 Å². The average molecular weight is 634 g/mol. The van der Waals surface area contributed by atoms with Gasteiger partial charge in [0.05, 0.1) is 5.97 Å². The van der Waals surface area contributed by atoms with Crippen LogP contribution in [0.25, 0.3) is 0 Å². The number of allylic oxidation sites excluding steroid dienone is 3. The van der Waals surface area contributed by atoms with Crippen molar-refractivity contribution < 1.29 is 48.5 Å². The van der Waals surface area contributed by atoms with Crippen LogP contribution in [0.4, 0.5) is 0 Å². The fraction of sp³-hybridized carbons (Fsp3) is 0.333. The van der Waals surface area contributed by atoms with Crippen molar-refractivity contribution in [2.75, 3.05) is 0 Å². The van der Waals surface area contributed by atoms with E-state index in [9.17, 15) is 29.7 Å². The monoisotopic (exact) mass is 633 g/mol. The van der Waals surface area contributed by atoms with Gasteiger partial charge in [-0.2, -0.15) is 0 Å². The minimum absolute atomic E-state index is 1.04. The lowest BCUT2D eigenvalue weighted by atomic mass is 9.96. The number of hydrogen-bond acceptors (Lipinski definition) is 7. The second-order valence-electron chi connectivity index (χ2n) is 10.9. The number of hydrogen-bond donors (Lipinski definition) is 1. The van der Waals surface area contributed by atoms with Gasteiger partial charge in [0.25, 0.3) is 0 Å². The Kier molecular flexibility index (Phi) is 20.9. The van der Waals surface area contributed by atoms with Gasteiger partial charge >= 0.3 is 0 Å². The van der Waals surface area contributed by atoms with Gasteiger partial charge < -0.3 is 34.8 Å². The number of carbonyl (C=O) groups is 3. The first-order valence-corrected chi connectivity index (χ1v) is 14.7. The summed E-state index contributed by atoms with van der Waals surface area (Å²) >= 11 is 0. The molecule has 3 aromatic rings. The third-order valence-electron chi connectivity index (χ3n) is 5.98. The molecule has 0 aliphatic carbocycles. The molecule has 3 aromatic heterocycles. The minimum Gasteiger partial charge on any atom is -0.550 e. The fourth-order valence-electron chi connectivity index (χ4n) is 3.39. The number of aliphatic hydroxyl groups is 1. The van der Waals surface area contributed by atoms with E-state index in [2.05, 4.69) is 91.4 Å². The lowest BCUT2D eigenvalue weighted by molar-refractivity contribution is -0.696. The molecule has 248 valence electrons. The number of nitrogens with zero attached hydrogens (tertiary/aromatic N) is 3. The third kappa shape index (κ3) is 22.6. The summed E-state index contributed by atoms with van der Waals surface area (Å²) < 4.78 is 6.48. The van der Waals surface area contributed by atoms with Crippen molar-refractivity contribution in [1.82, 2.24) is 0 Å². The predicted molar refractivity (Wildman–Crippen MR) is 167 cm³/mol. The van der Waals surface area contributed by atoms with Crippen LogP contribution in [0, 0.1) is 0 Å². The quantitative estimate of drug-likeness (QED) is 0.201. The van der Waals surface area contributed by atoms with Gasteiger partial charge in [-0.3, -0.25) is 0 Å². The molecule has 0 bridgehead atoms. The number of pyridine rings is 3. The Labute approximate surface area is 272 Å². The topological polar surface area (TPSA) is 152 Å². The van der Waals surface area contributed by atoms with Crippen molar-refractivity contribution in [3.05, 3.63) is 128 Å². The van der Waals surface area contributed by atoms with Crippen LogP contribution in [0.5, 0.6) is 0 Å². The van der Waals surface area contributed by atoms with Crippen molar-refractivity contribution >= 4 is 17.9 Å². The van der Waals surface area contributed by atoms with Crippen molar-refractivity contribution in [2.24, 2.45) is 0 Å². The van der Waals surface area contributed by atoms with Gasteiger partial charge in [0, 0.05) is 80.4 Å². The number of carbonyl (C=O) groups excluding carboxylic acids is 3. The second-order valence-corrected chi connectivity index (χ2v) is 10.9. The van der Waals surface area contributed by atoms with E-state index < -0.39 is 36.4 Å². The molecular formula is C36H47N3O7. The lowest BCUT2D eigenvalue weighted by Gasteiger charge is -2.29. The van der Waals surface area contributed by atoms with Crippen LogP contribution in [0.1, 0.15) is 52.9 Å². The average Bonchev–Trinajstić information content (AvgIpc) is 2.99. The summed E-state index contributed by atoms with van der Waals surface area (Å²) in [6.07, 6.45) is 12.9. The highest BCUT2D eigenvalue weighted by molar-refractivity contribution is 5.86. The fourth-order valence-corrected chi connectivity index (χ4v) is 3.39. The maximum atomic E-state index is 10.1. The van der Waals surface area contributed by atoms with E-state index in [0.29, 0.717) is 0 Å². The van der Waals surface area contributed by atoms with E-state index in [1.54, 1.807) is 0 Å². The summed E-state index contributed by atoms with van der Waals surface area (Å²) in [6.45, 7) is 20.9. The molecule has 0 saturated heterocycles. The van der Waals surface area contributed by atoms with E-state index in [0.717, 1.165) is 38.9 Å². The van der Waals surface area contributed by atoms with Gasteiger partial charge in [0.2, 0.25) is 0 Å². The molecule has 0 saturated carbocycles. The molecule has 0 aromatic carbocycles. The molecule has 0 atom stereocenters. The first-order chi connectivity index (χ1) is 21.6. The molecule has 46 heavy (non-hydrogen) atoms. The Bertz CT molecular complexity index is 1220. The van der Waals surface area contributed by atoms with E-state index in [1.807, 2.05) is 54.6 Å². The van der Waals surface area contributed by atoms with E-state index in [1.165, 1.54) is 16.7 Å². The largest absolute Gasteiger partial charge is 0.550 e. The number of carboxylic acids is 3. The SMILES string of the molecule is C=C(C)CC[n+]1ccccc1.C=C(C)CC[n+]1ccccc1.C=C(C)CC[n+]1ccccc1.O=C([O-])CC(O)(CC(=O)[O-])C(=O)[O-]. The first-order valence-electron chi connectivity index (χ1n) is 14.7. The summed E-state index contributed by atoms with van der Waals surface area (Å²) in [5.41, 5.74) is 0.738. The van der Waals surface area contributed by atoms with Gasteiger partial charge in [0.15, 0.2) is 56.8 Å². The summed E-state index contributed by atoms with van der Waals surface area (Å²) in [4.78, 5) is 30.0. The van der Waals surface area contributed by atoms with Gasteiger partial charge in [-0.25, -0.2) is 13.7 Å². The summed E-state index contributed by atoms with van der Waals surface area (Å²) in [7, 11) is 0. The van der Waals surface area contributed by atoms with Gasteiger partial charge in [-0.15, -0.1) is 0 Å². The van der Waals surface area contributed by atoms with Crippen LogP contribution in [-0.4, -0.2) is 28.6 Å². The van der Waals surface area contributed by atoms with Crippen molar-refractivity contribution in [1.29, 1.82) is 0 Å². The first kappa shape index (κ1) is 41.0. The van der Waals surface area contributed by atoms with Crippen LogP contribution in [-0.2, 0) is 34.0 Å². The summed E-state index contributed by atoms with van der Waals surface area (Å²) in [6, 6.07) is 18.3. The number of aliphatic carboxylic acids is 3. The van der Waals surface area contributed by atoms with Crippen molar-refractivity contribution in [3.8, 4) is 0 Å². The zero-order valence-corrected chi connectivity index (χ0v) is 27.2. The van der Waals surface area contributed by atoms with Gasteiger partial charge in [0.1, 0.15) is 5.60 Å².